The van der Waals surface area contributed by atoms with Crippen LogP contribution in [0, 0.1) is 6.92 Å². The summed E-state index contributed by atoms with van der Waals surface area (Å²) in [5.41, 5.74) is 8.68. The van der Waals surface area contributed by atoms with E-state index in [0.29, 0.717) is 23.7 Å². The molecule has 0 fully saturated rings. The fraction of sp³-hybridized carbons (Fsp3) is 0.250. The first-order valence-electron chi connectivity index (χ1n) is 8.97. The van der Waals surface area contributed by atoms with Gasteiger partial charge in [0.2, 0.25) is 11.9 Å². The maximum atomic E-state index is 12.6. The van der Waals surface area contributed by atoms with E-state index < -0.39 is 5.91 Å². The molecule has 2 amide bonds. The van der Waals surface area contributed by atoms with Crippen LogP contribution in [0.5, 0.6) is 0 Å². The lowest BCUT2D eigenvalue weighted by Gasteiger charge is -2.15. The van der Waals surface area contributed by atoms with Crippen LogP contribution >= 0.6 is 0 Å². The van der Waals surface area contributed by atoms with Gasteiger partial charge in [-0.2, -0.15) is 0 Å². The van der Waals surface area contributed by atoms with E-state index in [4.69, 9.17) is 10.2 Å². The molecule has 0 radical (unpaired) electrons. The summed E-state index contributed by atoms with van der Waals surface area (Å²) in [7, 11) is 1.71. The Balaban J connectivity index is 1.73. The van der Waals surface area contributed by atoms with Crippen LogP contribution in [-0.4, -0.2) is 38.7 Å². The number of hydrogen-bond donors (Lipinski definition) is 2. The third-order valence-corrected chi connectivity index (χ3v) is 4.36. The molecule has 3 N–H and O–H groups in total. The number of nitrogen functional groups attached to an aromatic ring is 1. The first-order valence-corrected chi connectivity index (χ1v) is 8.97. The summed E-state index contributed by atoms with van der Waals surface area (Å²) >= 11 is 0. The van der Waals surface area contributed by atoms with Crippen LogP contribution in [0.4, 0.5) is 5.95 Å². The van der Waals surface area contributed by atoms with Crippen molar-refractivity contribution in [3.05, 3.63) is 59.2 Å². The Bertz CT molecular complexity index is 1030. The average molecular weight is 394 g/mol. The lowest BCUT2D eigenvalue weighted by Crippen LogP contribution is -2.26. The highest BCUT2D eigenvalue weighted by Gasteiger charge is 2.14. The lowest BCUT2D eigenvalue weighted by molar-refractivity contribution is -0.128. The highest BCUT2D eigenvalue weighted by Crippen LogP contribution is 2.19. The predicted octanol–water partition coefficient (Wildman–Crippen LogP) is 1.93. The van der Waals surface area contributed by atoms with Gasteiger partial charge in [-0.25, -0.2) is 9.97 Å². The highest BCUT2D eigenvalue weighted by atomic mass is 16.3. The maximum Gasteiger partial charge on any atom is 0.270 e. The van der Waals surface area contributed by atoms with Gasteiger partial charge in [0.25, 0.3) is 5.91 Å². The van der Waals surface area contributed by atoms with Crippen molar-refractivity contribution in [3.8, 4) is 11.5 Å². The quantitative estimate of drug-likeness (QED) is 0.654. The number of aryl methyl sites for hydroxylation is 1. The molecule has 0 saturated carbocycles. The van der Waals surface area contributed by atoms with Gasteiger partial charge >= 0.3 is 0 Å². The zero-order valence-corrected chi connectivity index (χ0v) is 16.5. The Morgan fingerprint density at radius 3 is 2.69 bits per heavy atom. The number of furan rings is 1. The second-order valence-corrected chi connectivity index (χ2v) is 6.60. The van der Waals surface area contributed by atoms with Crippen LogP contribution in [0.25, 0.3) is 11.5 Å². The van der Waals surface area contributed by atoms with Crippen LogP contribution < -0.4 is 11.1 Å². The largest absolute Gasteiger partial charge is 0.463 e. The van der Waals surface area contributed by atoms with Crippen LogP contribution in [0.1, 0.15) is 34.4 Å². The molecule has 0 aliphatic heterocycles. The Morgan fingerprint density at radius 2 is 2.00 bits per heavy atom. The minimum absolute atomic E-state index is 0.0207. The molecular weight excluding hydrogens is 372 g/mol. The molecule has 29 heavy (non-hydrogen) atoms. The Labute approximate surface area is 168 Å². The monoisotopic (exact) mass is 394 g/mol. The summed E-state index contributed by atoms with van der Waals surface area (Å²) in [6.07, 6.45) is 1.51. The van der Waals surface area contributed by atoms with Gasteiger partial charge in [0.15, 0.2) is 5.76 Å². The van der Waals surface area contributed by atoms with Crippen molar-refractivity contribution in [1.29, 1.82) is 0 Å². The van der Waals surface area contributed by atoms with E-state index in [9.17, 15) is 9.59 Å². The highest BCUT2D eigenvalue weighted by molar-refractivity contribution is 5.93. The van der Waals surface area contributed by atoms with Crippen molar-refractivity contribution in [2.75, 3.05) is 12.8 Å². The third-order valence-electron chi connectivity index (χ3n) is 4.36. The number of carbonyl (C=O) groups excluding carboxylic acids is 2. The molecular formula is C20H22N6O3. The van der Waals surface area contributed by atoms with Crippen LogP contribution in [0.3, 0.4) is 0 Å². The molecule has 0 bridgehead atoms. The third kappa shape index (κ3) is 4.95. The van der Waals surface area contributed by atoms with E-state index in [-0.39, 0.29) is 24.1 Å². The topological polar surface area (TPSA) is 127 Å². The number of hydrogen-bond acceptors (Lipinski definition) is 7. The lowest BCUT2D eigenvalue weighted by atomic mass is 10.2. The standard InChI is InChI=1S/C20H22N6O3/c1-12-6-7-14(11-26(3)13(2)27)23-17(12)10-22-19(28)16-9-15(24-20(21)25-16)18-5-4-8-29-18/h4-9H,10-11H2,1-3H3,(H,22,28)(H2,21,24,25). The second kappa shape index (κ2) is 8.51. The number of nitrogens with two attached hydrogens (primary N) is 1. The number of nitrogens with zero attached hydrogens (tertiary/aromatic N) is 4. The first kappa shape index (κ1) is 20.0. The molecule has 0 aromatic carbocycles. The van der Waals surface area contributed by atoms with Gasteiger partial charge < -0.3 is 20.4 Å². The fourth-order valence-electron chi connectivity index (χ4n) is 2.62. The molecule has 150 valence electrons. The zero-order chi connectivity index (χ0) is 21.0. The van der Waals surface area contributed by atoms with Crippen LogP contribution in [0.15, 0.2) is 41.0 Å². The maximum absolute atomic E-state index is 12.6. The smallest absolute Gasteiger partial charge is 0.270 e. The molecule has 3 heterocycles. The fourth-order valence-corrected chi connectivity index (χ4v) is 2.62. The number of pyridine rings is 1. The summed E-state index contributed by atoms with van der Waals surface area (Å²) in [6.45, 7) is 4.01. The average Bonchev–Trinajstić information content (AvgIpc) is 3.22. The molecule has 0 aliphatic carbocycles. The Morgan fingerprint density at radius 1 is 1.21 bits per heavy atom. The van der Waals surface area contributed by atoms with Gasteiger partial charge in [-0.05, 0) is 36.8 Å². The van der Waals surface area contributed by atoms with E-state index in [1.807, 2.05) is 19.1 Å². The van der Waals surface area contributed by atoms with Gasteiger partial charge in [0.05, 0.1) is 30.7 Å². The van der Waals surface area contributed by atoms with E-state index in [1.165, 1.54) is 19.3 Å². The van der Waals surface area contributed by atoms with Gasteiger partial charge in [-0.15, -0.1) is 0 Å². The summed E-state index contributed by atoms with van der Waals surface area (Å²) in [6, 6.07) is 8.73. The molecule has 9 nitrogen and oxygen atoms in total. The van der Waals surface area contributed by atoms with Crippen molar-refractivity contribution in [2.45, 2.75) is 26.9 Å². The van der Waals surface area contributed by atoms with Crippen LogP contribution in [-0.2, 0) is 17.9 Å². The molecule has 0 spiro atoms. The number of carbonyl (C=O) groups is 2. The number of anilines is 1. The Kier molecular flexibility index (Phi) is 5.87. The SMILES string of the molecule is CC(=O)N(C)Cc1ccc(C)c(CNC(=O)c2cc(-c3ccco3)nc(N)n2)n1. The van der Waals surface area contributed by atoms with Gasteiger partial charge in [0, 0.05) is 14.0 Å². The van der Waals surface area contributed by atoms with E-state index in [1.54, 1.807) is 24.1 Å². The normalized spacial score (nSPS) is 10.6. The minimum Gasteiger partial charge on any atom is -0.463 e. The van der Waals surface area contributed by atoms with Gasteiger partial charge in [0.1, 0.15) is 11.4 Å². The molecule has 3 aromatic rings. The molecule has 0 atom stereocenters. The first-order chi connectivity index (χ1) is 13.8. The van der Waals surface area contributed by atoms with Crippen molar-refractivity contribution in [1.82, 2.24) is 25.2 Å². The summed E-state index contributed by atoms with van der Waals surface area (Å²) in [5, 5.41) is 2.80. The molecule has 0 aliphatic rings. The molecule has 0 unspecified atom stereocenters. The van der Waals surface area contributed by atoms with Crippen molar-refractivity contribution in [2.24, 2.45) is 0 Å². The van der Waals surface area contributed by atoms with E-state index >= 15 is 0 Å². The van der Waals surface area contributed by atoms with Gasteiger partial charge in [-0.1, -0.05) is 6.07 Å². The predicted molar refractivity (Wildman–Crippen MR) is 106 cm³/mol. The summed E-state index contributed by atoms with van der Waals surface area (Å²) in [4.78, 5) is 38.2. The van der Waals surface area contributed by atoms with Crippen molar-refractivity contribution >= 4 is 17.8 Å². The number of amides is 2. The second-order valence-electron chi connectivity index (χ2n) is 6.60. The van der Waals surface area contributed by atoms with Crippen molar-refractivity contribution < 1.29 is 14.0 Å². The molecule has 9 heteroatoms. The number of nitrogens with one attached hydrogen (secondary N) is 1. The summed E-state index contributed by atoms with van der Waals surface area (Å²) in [5.74, 6) is 0.0240. The van der Waals surface area contributed by atoms with Crippen LogP contribution in [0.2, 0.25) is 0 Å². The summed E-state index contributed by atoms with van der Waals surface area (Å²) < 4.78 is 5.30. The number of aromatic nitrogens is 3. The molecule has 3 rings (SSSR count). The Hall–Kier alpha value is -3.75. The zero-order valence-electron chi connectivity index (χ0n) is 16.5. The van der Waals surface area contributed by atoms with Gasteiger partial charge in [-0.3, -0.25) is 14.6 Å². The van der Waals surface area contributed by atoms with E-state index in [2.05, 4.69) is 20.3 Å². The van der Waals surface area contributed by atoms with Crippen molar-refractivity contribution in [3.63, 3.8) is 0 Å². The molecule has 3 aromatic heterocycles. The minimum atomic E-state index is -0.403. The number of rotatable bonds is 6. The molecule has 0 saturated heterocycles. The van der Waals surface area contributed by atoms with E-state index in [0.717, 1.165) is 11.3 Å².